The van der Waals surface area contributed by atoms with Crippen molar-refractivity contribution in [3.63, 3.8) is 0 Å². The molecule has 26 heavy (non-hydrogen) atoms. The highest BCUT2D eigenvalue weighted by Gasteiger charge is 2.30. The molecule has 0 saturated carbocycles. The van der Waals surface area contributed by atoms with Crippen molar-refractivity contribution in [3.8, 4) is 0 Å². The lowest BCUT2D eigenvalue weighted by atomic mass is 10.2. The molecule has 136 valence electrons. The van der Waals surface area contributed by atoms with Crippen LogP contribution in [0, 0.1) is 0 Å². The van der Waals surface area contributed by atoms with Gasteiger partial charge in [-0.1, -0.05) is 24.9 Å². The summed E-state index contributed by atoms with van der Waals surface area (Å²) in [6.07, 6.45) is -0.896. The zero-order valence-electron chi connectivity index (χ0n) is 13.6. The van der Waals surface area contributed by atoms with E-state index >= 15 is 0 Å². The minimum atomic E-state index is -4.48. The Bertz CT molecular complexity index is 951. The second kappa shape index (κ2) is 6.95. The summed E-state index contributed by atoms with van der Waals surface area (Å²) in [7, 11) is 0. The van der Waals surface area contributed by atoms with Crippen LogP contribution in [-0.2, 0) is 12.6 Å². The lowest BCUT2D eigenvalue weighted by molar-refractivity contribution is -0.137. The number of hydrogen-bond acceptors (Lipinski definition) is 3. The summed E-state index contributed by atoms with van der Waals surface area (Å²) in [6.45, 7) is 1.95. The summed E-state index contributed by atoms with van der Waals surface area (Å²) in [5.74, 6) is -0.502. The molecule has 1 N–H and O–H groups in total. The number of aryl methyl sites for hydroxylation is 1. The molecular formula is C17H14ClF3N4O. The van der Waals surface area contributed by atoms with Crippen molar-refractivity contribution in [1.29, 1.82) is 0 Å². The highest BCUT2D eigenvalue weighted by atomic mass is 35.5. The number of alkyl halides is 3. The van der Waals surface area contributed by atoms with Gasteiger partial charge in [-0.25, -0.2) is 9.97 Å². The van der Waals surface area contributed by atoms with Crippen molar-refractivity contribution in [2.75, 3.05) is 5.32 Å². The number of halogens is 4. The predicted octanol–water partition coefficient (Wildman–Crippen LogP) is 4.61. The third kappa shape index (κ3) is 3.65. The second-order valence-electron chi connectivity index (χ2n) is 5.62. The fourth-order valence-electron chi connectivity index (χ4n) is 2.53. The maximum Gasteiger partial charge on any atom is 0.417 e. The third-order valence-corrected chi connectivity index (χ3v) is 3.91. The molecule has 0 spiro atoms. The van der Waals surface area contributed by atoms with Crippen LogP contribution in [0.15, 0.2) is 36.7 Å². The molecule has 1 amide bonds. The monoisotopic (exact) mass is 382 g/mol. The molecule has 3 aromatic heterocycles. The first-order valence-electron chi connectivity index (χ1n) is 7.80. The lowest BCUT2D eigenvalue weighted by Crippen LogP contribution is -2.17. The first-order valence-corrected chi connectivity index (χ1v) is 8.18. The van der Waals surface area contributed by atoms with Gasteiger partial charge in [0.25, 0.3) is 5.91 Å². The van der Waals surface area contributed by atoms with Crippen LogP contribution in [0.4, 0.5) is 19.0 Å². The molecule has 0 aliphatic carbocycles. The van der Waals surface area contributed by atoms with Gasteiger partial charge < -0.3 is 5.32 Å². The molecule has 3 heterocycles. The van der Waals surface area contributed by atoms with Crippen LogP contribution < -0.4 is 5.32 Å². The predicted molar refractivity (Wildman–Crippen MR) is 91.4 cm³/mol. The number of anilines is 1. The van der Waals surface area contributed by atoms with Crippen LogP contribution in [0.1, 0.15) is 35.1 Å². The molecule has 9 heteroatoms. The number of imidazole rings is 1. The molecule has 0 aromatic carbocycles. The molecule has 0 fully saturated rings. The number of hydrogen-bond donors (Lipinski definition) is 1. The van der Waals surface area contributed by atoms with Crippen molar-refractivity contribution < 1.29 is 18.0 Å². The molecule has 0 bridgehead atoms. The Morgan fingerprint density at radius 3 is 2.65 bits per heavy atom. The SMILES string of the molecule is CCCc1nc2ccc(Cl)cn2c1C(=O)Nc1ccc(C(F)(F)F)cn1. The Labute approximate surface area is 151 Å². The molecule has 0 aliphatic rings. The number of aromatic nitrogens is 3. The molecule has 0 unspecified atom stereocenters. The van der Waals surface area contributed by atoms with E-state index in [2.05, 4.69) is 15.3 Å². The smallest absolute Gasteiger partial charge is 0.305 e. The average molecular weight is 383 g/mol. The Morgan fingerprint density at radius 2 is 2.04 bits per heavy atom. The summed E-state index contributed by atoms with van der Waals surface area (Å²) in [5, 5.41) is 2.94. The van der Waals surface area contributed by atoms with Crippen LogP contribution in [0.3, 0.4) is 0 Å². The number of pyridine rings is 2. The van der Waals surface area contributed by atoms with Gasteiger partial charge in [-0.2, -0.15) is 13.2 Å². The van der Waals surface area contributed by atoms with Crippen LogP contribution in [0.5, 0.6) is 0 Å². The van der Waals surface area contributed by atoms with Gasteiger partial charge in [0.05, 0.1) is 16.3 Å². The molecule has 5 nitrogen and oxygen atoms in total. The van der Waals surface area contributed by atoms with Gasteiger partial charge in [0.15, 0.2) is 0 Å². The zero-order chi connectivity index (χ0) is 18.9. The summed E-state index contributed by atoms with van der Waals surface area (Å²) in [6, 6.07) is 5.32. The van der Waals surface area contributed by atoms with E-state index in [0.717, 1.165) is 18.6 Å². The van der Waals surface area contributed by atoms with Gasteiger partial charge in [0.1, 0.15) is 17.2 Å². The summed E-state index contributed by atoms with van der Waals surface area (Å²) in [4.78, 5) is 20.8. The van der Waals surface area contributed by atoms with Crippen molar-refractivity contribution in [2.45, 2.75) is 25.9 Å². The highest BCUT2D eigenvalue weighted by Crippen LogP contribution is 2.29. The quantitative estimate of drug-likeness (QED) is 0.717. The van der Waals surface area contributed by atoms with E-state index in [1.807, 2.05) is 6.92 Å². The summed E-state index contributed by atoms with van der Waals surface area (Å²) >= 11 is 6.00. The summed E-state index contributed by atoms with van der Waals surface area (Å²) in [5.41, 5.74) is 0.539. The van der Waals surface area contributed by atoms with Crippen molar-refractivity contribution in [1.82, 2.24) is 14.4 Å². The number of nitrogens with zero attached hydrogens (tertiary/aromatic N) is 3. The van der Waals surface area contributed by atoms with E-state index < -0.39 is 17.6 Å². The Morgan fingerprint density at radius 1 is 1.27 bits per heavy atom. The van der Waals surface area contributed by atoms with E-state index in [1.54, 1.807) is 22.7 Å². The number of amides is 1. The van der Waals surface area contributed by atoms with Gasteiger partial charge in [-0.3, -0.25) is 9.20 Å². The largest absolute Gasteiger partial charge is 0.417 e. The maximum atomic E-state index is 12.7. The van der Waals surface area contributed by atoms with Crippen LogP contribution in [0.2, 0.25) is 5.02 Å². The molecule has 3 aromatic rings. The highest BCUT2D eigenvalue weighted by molar-refractivity contribution is 6.30. The lowest BCUT2D eigenvalue weighted by Gasteiger charge is -2.09. The normalized spacial score (nSPS) is 11.7. The van der Waals surface area contributed by atoms with E-state index in [9.17, 15) is 18.0 Å². The zero-order valence-corrected chi connectivity index (χ0v) is 14.4. The first kappa shape index (κ1) is 18.2. The van der Waals surface area contributed by atoms with Crippen molar-refractivity contribution in [3.05, 3.63) is 58.6 Å². The molecule has 0 atom stereocenters. The van der Waals surface area contributed by atoms with E-state index in [0.29, 0.717) is 29.0 Å². The molecule has 0 aliphatic heterocycles. The standard InChI is InChI=1S/C17H14ClF3N4O/c1-2-3-12-15(25-9-11(18)5-7-14(25)23-12)16(26)24-13-6-4-10(8-22-13)17(19,20)21/h4-9H,2-3H2,1H3,(H,22,24,26). The van der Waals surface area contributed by atoms with Gasteiger partial charge >= 0.3 is 6.18 Å². The van der Waals surface area contributed by atoms with Crippen molar-refractivity contribution in [2.24, 2.45) is 0 Å². The van der Waals surface area contributed by atoms with Crippen LogP contribution in [-0.4, -0.2) is 20.3 Å². The van der Waals surface area contributed by atoms with Crippen molar-refractivity contribution >= 4 is 29.0 Å². The average Bonchev–Trinajstić information content (AvgIpc) is 2.92. The van der Waals surface area contributed by atoms with Crippen LogP contribution >= 0.6 is 11.6 Å². The number of nitrogens with one attached hydrogen (secondary N) is 1. The Kier molecular flexibility index (Phi) is 4.86. The fraction of sp³-hybridized carbons (Fsp3) is 0.235. The van der Waals surface area contributed by atoms with Gasteiger partial charge in [-0.15, -0.1) is 0 Å². The number of rotatable bonds is 4. The van der Waals surface area contributed by atoms with Gasteiger partial charge in [-0.05, 0) is 30.7 Å². The number of carbonyl (C=O) groups excluding carboxylic acids is 1. The third-order valence-electron chi connectivity index (χ3n) is 3.69. The topological polar surface area (TPSA) is 59.3 Å². The minimum Gasteiger partial charge on any atom is -0.305 e. The van der Waals surface area contributed by atoms with E-state index in [4.69, 9.17) is 11.6 Å². The maximum absolute atomic E-state index is 12.7. The van der Waals surface area contributed by atoms with E-state index in [-0.39, 0.29) is 11.5 Å². The van der Waals surface area contributed by atoms with E-state index in [1.165, 1.54) is 0 Å². The molecule has 3 rings (SSSR count). The molecule has 0 radical (unpaired) electrons. The summed E-state index contributed by atoms with van der Waals surface area (Å²) < 4.78 is 39.4. The van der Waals surface area contributed by atoms with Gasteiger partial charge in [0, 0.05) is 12.4 Å². The minimum absolute atomic E-state index is 0.0161. The Hall–Kier alpha value is -2.61. The molecular weight excluding hydrogens is 369 g/mol. The second-order valence-corrected chi connectivity index (χ2v) is 6.05. The fourth-order valence-corrected chi connectivity index (χ4v) is 2.69. The Balaban J connectivity index is 1.94. The first-order chi connectivity index (χ1) is 12.3. The molecule has 0 saturated heterocycles. The number of carbonyl (C=O) groups is 1. The van der Waals surface area contributed by atoms with Gasteiger partial charge in [0.2, 0.25) is 0 Å². The number of fused-ring (bicyclic) bond motifs is 1. The van der Waals surface area contributed by atoms with Crippen LogP contribution in [0.25, 0.3) is 5.65 Å².